The van der Waals surface area contributed by atoms with Crippen molar-refractivity contribution in [2.75, 3.05) is 15.8 Å². The molecule has 2 aromatic heterocycles. The summed E-state index contributed by atoms with van der Waals surface area (Å²) in [6.07, 6.45) is 1.67. The molecule has 176 valence electrons. The lowest BCUT2D eigenvalue weighted by molar-refractivity contribution is 0.101. The zero-order valence-corrected chi connectivity index (χ0v) is 20.8. The van der Waals surface area contributed by atoms with Crippen LogP contribution in [0, 0.1) is 15.2 Å². The maximum absolute atomic E-state index is 14.9. The van der Waals surface area contributed by atoms with Crippen molar-refractivity contribution in [2.45, 2.75) is 13.3 Å². The number of H-pyrrole nitrogens is 1. The Balaban J connectivity index is 1.61. The maximum Gasteiger partial charge on any atom is 0.261 e. The topological polar surface area (TPSA) is 104 Å². The van der Waals surface area contributed by atoms with Gasteiger partial charge in [0, 0.05) is 14.7 Å². The third kappa shape index (κ3) is 5.20. The largest absolute Gasteiger partial charge is 0.339 e. The Morgan fingerprint density at radius 3 is 2.68 bits per heavy atom. The SMILES string of the molecule is CCCS(=O)(=O)Nc1ccc(F)c(C(=O)Nc2cnc3[nH]c(-c4cccc(I)c4)cc3c2)c1F. The number of nitrogens with one attached hydrogen (secondary N) is 3. The molecular weight excluding hydrogens is 577 g/mol. The Morgan fingerprint density at radius 1 is 1.15 bits per heavy atom. The van der Waals surface area contributed by atoms with Crippen molar-refractivity contribution >= 4 is 60.9 Å². The van der Waals surface area contributed by atoms with Gasteiger partial charge < -0.3 is 10.3 Å². The van der Waals surface area contributed by atoms with Gasteiger partial charge in [0.2, 0.25) is 10.0 Å². The average Bonchev–Trinajstić information content (AvgIpc) is 3.19. The van der Waals surface area contributed by atoms with Gasteiger partial charge >= 0.3 is 0 Å². The normalized spacial score (nSPS) is 11.5. The molecule has 0 radical (unpaired) electrons. The monoisotopic (exact) mass is 596 g/mol. The molecule has 0 fully saturated rings. The number of hydrogen-bond donors (Lipinski definition) is 3. The van der Waals surface area contributed by atoms with Crippen molar-refractivity contribution in [2.24, 2.45) is 0 Å². The number of aromatic nitrogens is 2. The fourth-order valence-corrected chi connectivity index (χ4v) is 5.09. The summed E-state index contributed by atoms with van der Waals surface area (Å²) in [5, 5.41) is 3.12. The van der Waals surface area contributed by atoms with Crippen molar-refractivity contribution < 1.29 is 22.0 Å². The van der Waals surface area contributed by atoms with Gasteiger partial charge in [-0.2, -0.15) is 0 Å². The number of fused-ring (bicyclic) bond motifs is 1. The Labute approximate surface area is 208 Å². The second kappa shape index (κ2) is 9.66. The molecule has 2 aromatic carbocycles. The lowest BCUT2D eigenvalue weighted by Crippen LogP contribution is -2.20. The Morgan fingerprint density at radius 2 is 1.94 bits per heavy atom. The summed E-state index contributed by atoms with van der Waals surface area (Å²) in [4.78, 5) is 20.2. The molecule has 2 heterocycles. The average molecular weight is 596 g/mol. The third-order valence-electron chi connectivity index (χ3n) is 4.92. The van der Waals surface area contributed by atoms with Crippen LogP contribution < -0.4 is 10.0 Å². The van der Waals surface area contributed by atoms with Crippen LogP contribution in [0.3, 0.4) is 0 Å². The van der Waals surface area contributed by atoms with Crippen LogP contribution in [0.1, 0.15) is 23.7 Å². The molecule has 0 bridgehead atoms. The highest BCUT2D eigenvalue weighted by Crippen LogP contribution is 2.27. The van der Waals surface area contributed by atoms with Crippen LogP contribution in [0.4, 0.5) is 20.2 Å². The van der Waals surface area contributed by atoms with E-state index in [0.717, 1.165) is 27.0 Å². The predicted octanol–water partition coefficient (Wildman–Crippen LogP) is 5.52. The number of benzene rings is 2. The lowest BCUT2D eigenvalue weighted by atomic mass is 10.1. The van der Waals surface area contributed by atoms with Gasteiger partial charge in [-0.15, -0.1) is 0 Å². The van der Waals surface area contributed by atoms with Gasteiger partial charge in [0.25, 0.3) is 5.91 Å². The standard InChI is InChI=1S/C23H19F2IN4O3S/c1-2-8-34(32,33)30-18-7-6-17(24)20(21(18)25)23(31)28-16-10-14-11-19(29-22(14)27-12-16)13-4-3-5-15(26)9-13/h3-7,9-12,30H,2,8H2,1H3,(H,27,29)(H,28,31). The van der Waals surface area contributed by atoms with Crippen molar-refractivity contribution in [3.63, 3.8) is 0 Å². The highest BCUT2D eigenvalue weighted by atomic mass is 127. The third-order valence-corrected chi connectivity index (χ3v) is 7.07. The first kappa shape index (κ1) is 24.1. The van der Waals surface area contributed by atoms with Gasteiger partial charge in [-0.05, 0) is 71.0 Å². The van der Waals surface area contributed by atoms with E-state index in [-0.39, 0.29) is 11.4 Å². The number of amides is 1. The summed E-state index contributed by atoms with van der Waals surface area (Å²) in [7, 11) is -3.83. The molecule has 0 saturated carbocycles. The molecule has 0 atom stereocenters. The first-order valence-electron chi connectivity index (χ1n) is 10.2. The fourth-order valence-electron chi connectivity index (χ4n) is 3.42. The van der Waals surface area contributed by atoms with Gasteiger partial charge in [0.05, 0.1) is 23.3 Å². The van der Waals surface area contributed by atoms with Crippen LogP contribution in [-0.4, -0.2) is 30.0 Å². The van der Waals surface area contributed by atoms with Crippen LogP contribution in [0.15, 0.2) is 54.7 Å². The molecule has 0 aliphatic rings. The van der Waals surface area contributed by atoms with E-state index in [2.05, 4.69) is 42.6 Å². The number of aromatic amines is 1. The summed E-state index contributed by atoms with van der Waals surface area (Å²) in [6, 6.07) is 13.1. The number of anilines is 2. The minimum Gasteiger partial charge on any atom is -0.339 e. The van der Waals surface area contributed by atoms with Crippen LogP contribution in [0.5, 0.6) is 0 Å². The van der Waals surface area contributed by atoms with Gasteiger partial charge in [0.15, 0.2) is 5.82 Å². The molecule has 7 nitrogen and oxygen atoms in total. The van der Waals surface area contributed by atoms with Gasteiger partial charge in [-0.25, -0.2) is 22.2 Å². The summed E-state index contributed by atoms with van der Waals surface area (Å²) in [5.74, 6) is -3.72. The van der Waals surface area contributed by atoms with Crippen LogP contribution in [-0.2, 0) is 10.0 Å². The molecule has 0 saturated heterocycles. The van der Waals surface area contributed by atoms with Gasteiger partial charge in [-0.3, -0.25) is 9.52 Å². The number of pyridine rings is 1. The van der Waals surface area contributed by atoms with E-state index in [0.29, 0.717) is 17.5 Å². The van der Waals surface area contributed by atoms with E-state index in [1.165, 1.54) is 6.20 Å². The summed E-state index contributed by atoms with van der Waals surface area (Å²) >= 11 is 2.22. The van der Waals surface area contributed by atoms with E-state index in [1.54, 1.807) is 13.0 Å². The second-order valence-corrected chi connectivity index (χ2v) is 10.6. The van der Waals surface area contributed by atoms with E-state index in [9.17, 15) is 22.0 Å². The zero-order valence-electron chi connectivity index (χ0n) is 17.8. The quantitative estimate of drug-likeness (QED) is 0.245. The number of sulfonamides is 1. The molecule has 3 N–H and O–H groups in total. The first-order valence-corrected chi connectivity index (χ1v) is 12.9. The second-order valence-electron chi connectivity index (χ2n) is 7.51. The summed E-state index contributed by atoms with van der Waals surface area (Å²) in [5.41, 5.74) is 1.19. The zero-order chi connectivity index (χ0) is 24.5. The van der Waals surface area contributed by atoms with Crippen molar-refractivity contribution in [3.05, 3.63) is 75.5 Å². The predicted molar refractivity (Wildman–Crippen MR) is 136 cm³/mol. The minimum atomic E-state index is -3.83. The minimum absolute atomic E-state index is 0.224. The molecule has 34 heavy (non-hydrogen) atoms. The maximum atomic E-state index is 14.9. The fraction of sp³-hybridized carbons (Fsp3) is 0.130. The Bertz CT molecular complexity index is 1510. The smallest absolute Gasteiger partial charge is 0.261 e. The van der Waals surface area contributed by atoms with Crippen LogP contribution >= 0.6 is 22.6 Å². The van der Waals surface area contributed by atoms with Crippen LogP contribution in [0.2, 0.25) is 0 Å². The number of nitrogens with zero attached hydrogens (tertiary/aromatic N) is 1. The van der Waals surface area contributed by atoms with Gasteiger partial charge in [0.1, 0.15) is 17.0 Å². The number of carbonyl (C=O) groups excluding carboxylic acids is 1. The number of hydrogen-bond acceptors (Lipinski definition) is 4. The molecule has 0 aliphatic carbocycles. The van der Waals surface area contributed by atoms with Gasteiger partial charge in [-0.1, -0.05) is 19.1 Å². The molecule has 4 aromatic rings. The first-order chi connectivity index (χ1) is 16.2. The lowest BCUT2D eigenvalue weighted by Gasteiger charge is -2.12. The highest BCUT2D eigenvalue weighted by molar-refractivity contribution is 14.1. The van der Waals surface area contributed by atoms with Crippen molar-refractivity contribution in [1.82, 2.24) is 9.97 Å². The van der Waals surface area contributed by atoms with E-state index in [1.807, 2.05) is 30.3 Å². The molecule has 0 unspecified atom stereocenters. The molecule has 11 heteroatoms. The van der Waals surface area contributed by atoms with Crippen LogP contribution in [0.25, 0.3) is 22.3 Å². The molecule has 4 rings (SSSR count). The Hall–Kier alpha value is -3.06. The van der Waals surface area contributed by atoms with E-state index in [4.69, 9.17) is 0 Å². The number of halogens is 3. The number of rotatable bonds is 7. The summed E-state index contributed by atoms with van der Waals surface area (Å²) < 4.78 is 56.3. The van der Waals surface area contributed by atoms with Crippen molar-refractivity contribution in [3.8, 4) is 11.3 Å². The molecule has 0 aliphatic heterocycles. The molecular formula is C23H19F2IN4O3S. The molecule has 0 spiro atoms. The highest BCUT2D eigenvalue weighted by Gasteiger charge is 2.23. The van der Waals surface area contributed by atoms with E-state index >= 15 is 0 Å². The van der Waals surface area contributed by atoms with Crippen molar-refractivity contribution in [1.29, 1.82) is 0 Å². The van der Waals surface area contributed by atoms with E-state index < -0.39 is 38.8 Å². The molecule has 1 amide bonds. The Kier molecular flexibility index (Phi) is 6.84. The number of carbonyl (C=O) groups is 1. The summed E-state index contributed by atoms with van der Waals surface area (Å²) in [6.45, 7) is 1.65.